The Labute approximate surface area is 177 Å². The summed E-state index contributed by atoms with van der Waals surface area (Å²) in [4.78, 5) is 28.4. The number of nitrogens with one attached hydrogen (secondary N) is 2. The lowest BCUT2D eigenvalue weighted by atomic mass is 9.78. The van der Waals surface area contributed by atoms with Crippen LogP contribution in [0.15, 0.2) is 54.9 Å². The summed E-state index contributed by atoms with van der Waals surface area (Å²) in [6.45, 7) is 2.27. The molecule has 156 valence electrons. The zero-order chi connectivity index (χ0) is 19.8. The van der Waals surface area contributed by atoms with Gasteiger partial charge in [-0.05, 0) is 56.2 Å². The number of hydrogen-bond acceptors (Lipinski definition) is 4. The van der Waals surface area contributed by atoms with Gasteiger partial charge in [0.1, 0.15) is 6.61 Å². The summed E-state index contributed by atoms with van der Waals surface area (Å²) in [6.07, 6.45) is 6.41. The molecule has 1 aromatic carbocycles. The number of anilines is 1. The van der Waals surface area contributed by atoms with E-state index >= 15 is 0 Å². The van der Waals surface area contributed by atoms with E-state index in [-0.39, 0.29) is 36.9 Å². The average Bonchev–Trinajstić information content (AvgIpc) is 2.74. The number of carbonyl (C=O) groups is 2. The molecule has 3 rings (SSSR count). The number of alkyl carbamates (subject to hydrolysis) is 1. The molecule has 29 heavy (non-hydrogen) atoms. The minimum atomic E-state index is -0.395. The van der Waals surface area contributed by atoms with Crippen LogP contribution in [0.3, 0.4) is 0 Å². The standard InChI is InChI=1S/C22H27N3O3.ClH/c1-16(24-22(27)28-15-17-5-3-2-4-6-17)18-7-9-19(10-8-18)21(26)25-20-11-13-23-14-12-20;/h2-6,11-14,16,18-19H,7-10,15H2,1H3,(H,24,27)(H,23,25,26);1H/t16?,18-,19-;. The van der Waals surface area contributed by atoms with E-state index in [1.54, 1.807) is 24.5 Å². The van der Waals surface area contributed by atoms with Crippen LogP contribution in [0.1, 0.15) is 38.2 Å². The minimum absolute atomic E-state index is 0. The highest BCUT2D eigenvalue weighted by Gasteiger charge is 2.29. The van der Waals surface area contributed by atoms with E-state index in [1.165, 1.54) is 0 Å². The predicted molar refractivity (Wildman–Crippen MR) is 115 cm³/mol. The lowest BCUT2D eigenvalue weighted by Crippen LogP contribution is -2.40. The van der Waals surface area contributed by atoms with E-state index in [0.717, 1.165) is 36.9 Å². The fourth-order valence-corrected chi connectivity index (χ4v) is 3.63. The Kier molecular flexibility index (Phi) is 8.93. The molecule has 1 saturated carbocycles. The van der Waals surface area contributed by atoms with Gasteiger partial charge in [0.2, 0.25) is 5.91 Å². The van der Waals surface area contributed by atoms with E-state index in [9.17, 15) is 9.59 Å². The van der Waals surface area contributed by atoms with Gasteiger partial charge in [0.15, 0.2) is 0 Å². The Hall–Kier alpha value is -2.60. The fraction of sp³-hybridized carbons (Fsp3) is 0.409. The second kappa shape index (κ2) is 11.4. The predicted octanol–water partition coefficient (Wildman–Crippen LogP) is 4.56. The molecule has 1 aliphatic rings. The number of rotatable bonds is 6. The highest BCUT2D eigenvalue weighted by Crippen LogP contribution is 2.31. The van der Waals surface area contributed by atoms with Crippen LogP contribution in [-0.2, 0) is 16.1 Å². The van der Waals surface area contributed by atoms with Crippen molar-refractivity contribution in [2.75, 3.05) is 5.32 Å². The molecule has 0 bridgehead atoms. The largest absolute Gasteiger partial charge is 0.445 e. The van der Waals surface area contributed by atoms with Crippen LogP contribution in [0.5, 0.6) is 0 Å². The monoisotopic (exact) mass is 417 g/mol. The fourth-order valence-electron chi connectivity index (χ4n) is 3.63. The topological polar surface area (TPSA) is 80.3 Å². The van der Waals surface area contributed by atoms with Gasteiger partial charge in [-0.2, -0.15) is 0 Å². The first kappa shape index (κ1) is 22.7. The number of pyridine rings is 1. The third kappa shape index (κ3) is 7.06. The van der Waals surface area contributed by atoms with Gasteiger partial charge in [0.05, 0.1) is 0 Å². The van der Waals surface area contributed by atoms with E-state index in [1.807, 2.05) is 37.3 Å². The van der Waals surface area contributed by atoms with Crippen LogP contribution < -0.4 is 10.6 Å². The van der Waals surface area contributed by atoms with Crippen LogP contribution in [0.4, 0.5) is 10.5 Å². The quantitative estimate of drug-likeness (QED) is 0.721. The van der Waals surface area contributed by atoms with Crippen molar-refractivity contribution >= 4 is 30.1 Å². The smallest absolute Gasteiger partial charge is 0.407 e. The summed E-state index contributed by atoms with van der Waals surface area (Å²) < 4.78 is 5.30. The van der Waals surface area contributed by atoms with Crippen molar-refractivity contribution < 1.29 is 14.3 Å². The summed E-state index contributed by atoms with van der Waals surface area (Å²) >= 11 is 0. The highest BCUT2D eigenvalue weighted by atomic mass is 35.5. The van der Waals surface area contributed by atoms with Gasteiger partial charge in [-0.25, -0.2) is 4.79 Å². The molecule has 0 aliphatic heterocycles. The summed E-state index contributed by atoms with van der Waals surface area (Å²) in [6, 6.07) is 13.2. The van der Waals surface area contributed by atoms with Gasteiger partial charge in [0.25, 0.3) is 0 Å². The molecule has 1 heterocycles. The molecule has 6 nitrogen and oxygen atoms in total. The number of amides is 2. The molecule has 2 N–H and O–H groups in total. The van der Waals surface area contributed by atoms with Gasteiger partial charge < -0.3 is 15.4 Å². The molecule has 1 aromatic heterocycles. The Morgan fingerprint density at radius 1 is 1.07 bits per heavy atom. The van der Waals surface area contributed by atoms with Gasteiger partial charge in [-0.1, -0.05) is 30.3 Å². The normalized spacial score (nSPS) is 19.3. The first-order valence-electron chi connectivity index (χ1n) is 9.80. The van der Waals surface area contributed by atoms with Crippen LogP contribution in [0.2, 0.25) is 0 Å². The molecule has 1 fully saturated rings. The Bertz CT molecular complexity index is 765. The summed E-state index contributed by atoms with van der Waals surface area (Å²) in [5.41, 5.74) is 1.74. The van der Waals surface area contributed by atoms with Crippen LogP contribution in [0.25, 0.3) is 0 Å². The second-order valence-corrected chi connectivity index (χ2v) is 7.33. The van der Waals surface area contributed by atoms with Crippen molar-refractivity contribution in [2.45, 2.75) is 45.3 Å². The lowest BCUT2D eigenvalue weighted by molar-refractivity contribution is -0.121. The van der Waals surface area contributed by atoms with E-state index < -0.39 is 6.09 Å². The number of carbonyl (C=O) groups excluding carboxylic acids is 2. The maximum Gasteiger partial charge on any atom is 0.407 e. The molecular formula is C22H28ClN3O3. The second-order valence-electron chi connectivity index (χ2n) is 7.33. The molecule has 7 heteroatoms. The third-order valence-corrected chi connectivity index (χ3v) is 5.36. The van der Waals surface area contributed by atoms with Crippen molar-refractivity contribution in [3.63, 3.8) is 0 Å². The Morgan fingerprint density at radius 3 is 2.38 bits per heavy atom. The Balaban J connectivity index is 0.00000300. The minimum Gasteiger partial charge on any atom is -0.445 e. The van der Waals surface area contributed by atoms with E-state index in [0.29, 0.717) is 5.92 Å². The number of nitrogens with zero attached hydrogens (tertiary/aromatic N) is 1. The van der Waals surface area contributed by atoms with Crippen molar-refractivity contribution in [3.05, 3.63) is 60.4 Å². The van der Waals surface area contributed by atoms with Crippen LogP contribution in [0, 0.1) is 11.8 Å². The van der Waals surface area contributed by atoms with Gasteiger partial charge in [0, 0.05) is 30.0 Å². The van der Waals surface area contributed by atoms with Crippen LogP contribution >= 0.6 is 12.4 Å². The van der Waals surface area contributed by atoms with E-state index in [4.69, 9.17) is 4.74 Å². The number of hydrogen-bond donors (Lipinski definition) is 2. The molecule has 1 unspecified atom stereocenters. The molecule has 1 aliphatic carbocycles. The molecule has 2 aromatic rings. The van der Waals surface area contributed by atoms with E-state index in [2.05, 4.69) is 15.6 Å². The summed E-state index contributed by atoms with van der Waals surface area (Å²) in [5, 5.41) is 5.89. The number of aromatic nitrogens is 1. The molecule has 0 radical (unpaired) electrons. The molecular weight excluding hydrogens is 390 g/mol. The number of benzene rings is 1. The maximum atomic E-state index is 12.4. The number of halogens is 1. The molecule has 0 saturated heterocycles. The molecule has 0 spiro atoms. The van der Waals surface area contributed by atoms with Crippen molar-refractivity contribution in [3.8, 4) is 0 Å². The Morgan fingerprint density at radius 2 is 1.72 bits per heavy atom. The summed E-state index contributed by atoms with van der Waals surface area (Å²) in [7, 11) is 0. The average molecular weight is 418 g/mol. The SMILES string of the molecule is CC(NC(=O)OCc1ccccc1)[C@H]1CC[C@H](C(=O)Nc2ccncc2)CC1.Cl. The zero-order valence-corrected chi connectivity index (χ0v) is 17.4. The lowest BCUT2D eigenvalue weighted by Gasteiger charge is -2.31. The molecule has 1 atom stereocenters. The van der Waals surface area contributed by atoms with Gasteiger partial charge in [-0.15, -0.1) is 12.4 Å². The first-order valence-corrected chi connectivity index (χ1v) is 9.80. The first-order chi connectivity index (χ1) is 13.6. The number of ether oxygens (including phenoxy) is 1. The zero-order valence-electron chi connectivity index (χ0n) is 16.5. The third-order valence-electron chi connectivity index (χ3n) is 5.36. The van der Waals surface area contributed by atoms with Crippen molar-refractivity contribution in [1.82, 2.24) is 10.3 Å². The summed E-state index contributed by atoms with van der Waals surface area (Å²) in [5.74, 6) is 0.434. The van der Waals surface area contributed by atoms with Crippen LogP contribution in [-0.4, -0.2) is 23.0 Å². The van der Waals surface area contributed by atoms with Gasteiger partial charge >= 0.3 is 6.09 Å². The maximum absolute atomic E-state index is 12.4. The van der Waals surface area contributed by atoms with Crippen molar-refractivity contribution in [2.24, 2.45) is 11.8 Å². The molecule has 2 amide bonds. The van der Waals surface area contributed by atoms with Gasteiger partial charge in [-0.3, -0.25) is 9.78 Å². The highest BCUT2D eigenvalue weighted by molar-refractivity contribution is 5.92. The van der Waals surface area contributed by atoms with Crippen molar-refractivity contribution in [1.29, 1.82) is 0 Å².